The standard InChI is InChI=1S/C24H32O9/c1-11-7-8-16(30-13(3)25)22(5)17(31-14(4)26)10-15(27)12(2)19(22)20(28)24-18(9-11)32-21(29)23(24,6)33-24/h9,15-20,27-28H,2,7-8,10H2,1,3-6H3. The predicted molar refractivity (Wildman–Crippen MR) is 114 cm³/mol. The molecule has 182 valence electrons. The van der Waals surface area contributed by atoms with Crippen molar-refractivity contribution in [2.75, 3.05) is 0 Å². The van der Waals surface area contributed by atoms with Gasteiger partial charge in [0.2, 0.25) is 0 Å². The van der Waals surface area contributed by atoms with E-state index in [1.165, 1.54) is 13.8 Å². The monoisotopic (exact) mass is 464 g/mol. The number of allylic oxidation sites excluding steroid dienone is 1. The van der Waals surface area contributed by atoms with Gasteiger partial charge in [0.05, 0.1) is 17.6 Å². The van der Waals surface area contributed by atoms with Crippen LogP contribution >= 0.6 is 0 Å². The van der Waals surface area contributed by atoms with Crippen molar-refractivity contribution in [2.45, 2.75) is 95.6 Å². The highest BCUT2D eigenvalue weighted by Crippen LogP contribution is 2.64. The zero-order chi connectivity index (χ0) is 24.5. The second-order valence-electron chi connectivity index (χ2n) is 10.1. The van der Waals surface area contributed by atoms with Crippen molar-refractivity contribution in [1.82, 2.24) is 0 Å². The number of hydrogen-bond donors (Lipinski definition) is 2. The molecule has 9 unspecified atom stereocenters. The average Bonchev–Trinajstić information content (AvgIpc) is 3.30. The van der Waals surface area contributed by atoms with Crippen LogP contribution in [0.1, 0.15) is 53.9 Å². The van der Waals surface area contributed by atoms with Gasteiger partial charge in [0.1, 0.15) is 12.2 Å². The predicted octanol–water partition coefficient (Wildman–Crippen LogP) is 1.35. The van der Waals surface area contributed by atoms with Gasteiger partial charge in [0, 0.05) is 26.2 Å². The summed E-state index contributed by atoms with van der Waals surface area (Å²) in [5.41, 5.74) is -2.77. The van der Waals surface area contributed by atoms with Crippen LogP contribution in [0.4, 0.5) is 0 Å². The van der Waals surface area contributed by atoms with E-state index in [0.717, 1.165) is 5.57 Å². The van der Waals surface area contributed by atoms with Gasteiger partial charge in [-0.05, 0) is 38.3 Å². The highest BCUT2D eigenvalue weighted by atomic mass is 16.7. The summed E-state index contributed by atoms with van der Waals surface area (Å²) in [4.78, 5) is 36.8. The fraction of sp³-hybridized carbons (Fsp3) is 0.708. The van der Waals surface area contributed by atoms with E-state index in [0.29, 0.717) is 18.4 Å². The van der Waals surface area contributed by atoms with Gasteiger partial charge in [0.25, 0.3) is 0 Å². The third-order valence-corrected chi connectivity index (χ3v) is 8.05. The van der Waals surface area contributed by atoms with Crippen LogP contribution in [0.3, 0.4) is 0 Å². The maximum absolute atomic E-state index is 12.7. The Bertz CT molecular complexity index is 940. The number of carbonyl (C=O) groups excluding carboxylic acids is 3. The molecule has 2 N–H and O–H groups in total. The third kappa shape index (κ3) is 3.27. The molecule has 2 heterocycles. The summed E-state index contributed by atoms with van der Waals surface area (Å²) in [6.45, 7) is 11.8. The number of epoxide rings is 1. The number of hydrogen-bond acceptors (Lipinski definition) is 9. The summed E-state index contributed by atoms with van der Waals surface area (Å²) in [6.07, 6.45) is -2.29. The van der Waals surface area contributed by atoms with E-state index >= 15 is 0 Å². The SMILES string of the molecule is C=C1C(O)CC(OC(C)=O)C2(C)C(OC(C)=O)CCC(C)=CC3OC(=O)C4(C)OC34C(O)C12. The van der Waals surface area contributed by atoms with Gasteiger partial charge < -0.3 is 29.2 Å². The molecule has 4 aliphatic rings. The molecule has 9 heteroatoms. The van der Waals surface area contributed by atoms with Crippen molar-refractivity contribution < 1.29 is 43.5 Å². The largest absolute Gasteiger partial charge is 0.462 e. The molecule has 0 aromatic rings. The molecule has 2 saturated heterocycles. The Labute approximate surface area is 192 Å². The van der Waals surface area contributed by atoms with Crippen LogP contribution in [0.5, 0.6) is 0 Å². The van der Waals surface area contributed by atoms with Gasteiger partial charge in [-0.2, -0.15) is 0 Å². The van der Waals surface area contributed by atoms with Crippen LogP contribution in [0.15, 0.2) is 23.8 Å². The van der Waals surface area contributed by atoms with Gasteiger partial charge in [-0.25, -0.2) is 4.79 Å². The maximum atomic E-state index is 12.7. The summed E-state index contributed by atoms with van der Waals surface area (Å²) in [7, 11) is 0. The molecular formula is C24H32O9. The van der Waals surface area contributed by atoms with Crippen molar-refractivity contribution in [1.29, 1.82) is 0 Å². The van der Waals surface area contributed by atoms with E-state index in [-0.39, 0.29) is 6.42 Å². The molecule has 0 amide bonds. The Kier molecular flexibility index (Phi) is 5.54. The van der Waals surface area contributed by atoms with Crippen LogP contribution in [-0.4, -0.2) is 69.8 Å². The number of aliphatic hydroxyl groups is 2. The third-order valence-electron chi connectivity index (χ3n) is 8.05. The van der Waals surface area contributed by atoms with E-state index in [9.17, 15) is 24.6 Å². The molecular weight excluding hydrogens is 432 g/mol. The first-order chi connectivity index (χ1) is 15.3. The molecule has 0 bridgehead atoms. The Morgan fingerprint density at radius 3 is 2.33 bits per heavy atom. The molecule has 9 atom stereocenters. The number of rotatable bonds is 2. The van der Waals surface area contributed by atoms with Gasteiger partial charge in [-0.15, -0.1) is 0 Å². The molecule has 33 heavy (non-hydrogen) atoms. The van der Waals surface area contributed by atoms with Crippen LogP contribution < -0.4 is 0 Å². The van der Waals surface area contributed by atoms with Gasteiger partial charge in [-0.1, -0.05) is 19.1 Å². The molecule has 9 nitrogen and oxygen atoms in total. The Balaban J connectivity index is 1.92. The van der Waals surface area contributed by atoms with Gasteiger partial charge >= 0.3 is 17.9 Å². The lowest BCUT2D eigenvalue weighted by molar-refractivity contribution is -0.200. The molecule has 3 fully saturated rings. The highest BCUT2D eigenvalue weighted by molar-refractivity contribution is 5.89. The van der Waals surface area contributed by atoms with E-state index in [2.05, 4.69) is 6.58 Å². The number of carbonyl (C=O) groups is 3. The van der Waals surface area contributed by atoms with Gasteiger partial charge in [-0.3, -0.25) is 9.59 Å². The first kappa shape index (κ1) is 23.9. The number of aliphatic hydroxyl groups excluding tert-OH is 2. The second-order valence-corrected chi connectivity index (χ2v) is 10.1. The van der Waals surface area contributed by atoms with E-state index < -0.39 is 71.0 Å². The van der Waals surface area contributed by atoms with Crippen molar-refractivity contribution in [3.8, 4) is 0 Å². The number of fused-ring (bicyclic) bond motifs is 1. The maximum Gasteiger partial charge on any atom is 0.342 e. The lowest BCUT2D eigenvalue weighted by Crippen LogP contribution is -2.63. The number of ether oxygens (including phenoxy) is 4. The molecule has 1 spiro atoms. The Morgan fingerprint density at radius 2 is 1.76 bits per heavy atom. The van der Waals surface area contributed by atoms with Crippen LogP contribution in [-0.2, 0) is 33.3 Å². The fourth-order valence-corrected chi connectivity index (χ4v) is 6.21. The van der Waals surface area contributed by atoms with E-state index in [1.807, 2.05) is 6.92 Å². The smallest absolute Gasteiger partial charge is 0.342 e. The quantitative estimate of drug-likeness (QED) is 0.269. The molecule has 0 aromatic carbocycles. The van der Waals surface area contributed by atoms with Crippen LogP contribution in [0.25, 0.3) is 0 Å². The summed E-state index contributed by atoms with van der Waals surface area (Å²) in [5, 5.41) is 22.7. The zero-order valence-electron chi connectivity index (χ0n) is 19.6. The Hall–Kier alpha value is -2.23. The molecule has 0 radical (unpaired) electrons. The average molecular weight is 465 g/mol. The second kappa shape index (κ2) is 7.65. The highest BCUT2D eigenvalue weighted by Gasteiger charge is 2.86. The topological polar surface area (TPSA) is 132 Å². The molecule has 4 rings (SSSR count). The summed E-state index contributed by atoms with van der Waals surface area (Å²) < 4.78 is 22.9. The molecule has 0 aromatic heterocycles. The first-order valence-electron chi connectivity index (χ1n) is 11.3. The van der Waals surface area contributed by atoms with E-state index in [1.54, 1.807) is 19.9 Å². The van der Waals surface area contributed by atoms with Crippen molar-refractivity contribution in [3.63, 3.8) is 0 Å². The summed E-state index contributed by atoms with van der Waals surface area (Å²) in [5.74, 6) is -2.59. The minimum Gasteiger partial charge on any atom is -0.462 e. The normalized spacial score (nSPS) is 46.7. The van der Waals surface area contributed by atoms with Crippen LogP contribution in [0, 0.1) is 11.3 Å². The zero-order valence-corrected chi connectivity index (χ0v) is 19.6. The fourth-order valence-electron chi connectivity index (χ4n) is 6.21. The minimum absolute atomic E-state index is 0.0364. The van der Waals surface area contributed by atoms with Crippen LogP contribution in [0.2, 0.25) is 0 Å². The van der Waals surface area contributed by atoms with E-state index in [4.69, 9.17) is 18.9 Å². The first-order valence-corrected chi connectivity index (χ1v) is 11.3. The van der Waals surface area contributed by atoms with Crippen molar-refractivity contribution in [2.24, 2.45) is 11.3 Å². The summed E-state index contributed by atoms with van der Waals surface area (Å²) >= 11 is 0. The Morgan fingerprint density at radius 1 is 1.15 bits per heavy atom. The molecule has 2 aliphatic heterocycles. The molecule has 1 saturated carbocycles. The number of esters is 3. The lowest BCUT2D eigenvalue weighted by Gasteiger charge is -2.54. The minimum atomic E-state index is -1.41. The van der Waals surface area contributed by atoms with Gasteiger partial charge in [0.15, 0.2) is 17.3 Å². The lowest BCUT2D eigenvalue weighted by atomic mass is 9.55. The molecule has 2 aliphatic carbocycles. The van der Waals surface area contributed by atoms with Crippen molar-refractivity contribution in [3.05, 3.63) is 23.8 Å². The summed E-state index contributed by atoms with van der Waals surface area (Å²) in [6, 6.07) is 0. The van der Waals surface area contributed by atoms with Crippen molar-refractivity contribution >= 4 is 17.9 Å².